The molecule has 0 bridgehead atoms. The third kappa shape index (κ3) is 4.74. The van der Waals surface area contributed by atoms with Gasteiger partial charge in [-0.3, -0.25) is 4.79 Å². The Morgan fingerprint density at radius 3 is 2.74 bits per heavy atom. The molecule has 3 atom stereocenters. The largest absolute Gasteiger partial charge is 0.452 e. The third-order valence-corrected chi connectivity index (χ3v) is 5.51. The molecule has 1 fully saturated rings. The highest BCUT2D eigenvalue weighted by Crippen LogP contribution is 2.29. The van der Waals surface area contributed by atoms with E-state index in [0.717, 1.165) is 17.7 Å². The van der Waals surface area contributed by atoms with Gasteiger partial charge in [-0.05, 0) is 36.6 Å². The van der Waals surface area contributed by atoms with Crippen molar-refractivity contribution < 1.29 is 14.3 Å². The predicted molar refractivity (Wildman–Crippen MR) is 92.6 cm³/mol. The van der Waals surface area contributed by atoms with Crippen LogP contribution in [0.25, 0.3) is 0 Å². The van der Waals surface area contributed by atoms with Crippen LogP contribution in [0.15, 0.2) is 29.2 Å². The van der Waals surface area contributed by atoms with Gasteiger partial charge in [-0.15, -0.1) is 11.8 Å². The van der Waals surface area contributed by atoms with Gasteiger partial charge in [0.25, 0.3) is 5.91 Å². The lowest BCUT2D eigenvalue weighted by molar-refractivity contribution is -0.125. The highest BCUT2D eigenvalue weighted by molar-refractivity contribution is 7.98. The highest BCUT2D eigenvalue weighted by Gasteiger charge is 2.28. The monoisotopic (exact) mass is 335 g/mol. The number of hydrogen-bond donors (Lipinski definition) is 1. The number of carbonyl (C=O) groups is 2. The van der Waals surface area contributed by atoms with E-state index >= 15 is 0 Å². The normalized spacial score (nSPS) is 24.0. The van der Waals surface area contributed by atoms with Gasteiger partial charge in [-0.1, -0.05) is 38.8 Å². The lowest BCUT2D eigenvalue weighted by Gasteiger charge is -2.34. The molecule has 0 spiro atoms. The van der Waals surface area contributed by atoms with Crippen LogP contribution in [0.1, 0.15) is 43.5 Å². The van der Waals surface area contributed by atoms with Crippen molar-refractivity contribution in [2.24, 2.45) is 11.8 Å². The zero-order chi connectivity index (χ0) is 16.8. The van der Waals surface area contributed by atoms with E-state index in [4.69, 9.17) is 4.74 Å². The van der Waals surface area contributed by atoms with Crippen molar-refractivity contribution in [2.75, 3.05) is 12.9 Å². The molecule has 1 saturated carbocycles. The first-order valence-electron chi connectivity index (χ1n) is 8.12. The minimum Gasteiger partial charge on any atom is -0.452 e. The number of benzene rings is 1. The fraction of sp³-hybridized carbons (Fsp3) is 0.556. The molecular weight excluding hydrogens is 310 g/mol. The molecule has 5 heteroatoms. The summed E-state index contributed by atoms with van der Waals surface area (Å²) >= 11 is 1.49. The number of ether oxygens (including phenoxy) is 1. The molecule has 0 aliphatic heterocycles. The van der Waals surface area contributed by atoms with Crippen molar-refractivity contribution in [3.05, 3.63) is 29.8 Å². The Hall–Kier alpha value is -1.49. The maximum absolute atomic E-state index is 12.1. The molecule has 1 aliphatic carbocycles. The van der Waals surface area contributed by atoms with Crippen LogP contribution in [0.2, 0.25) is 0 Å². The Morgan fingerprint density at radius 2 is 2.00 bits per heavy atom. The molecule has 23 heavy (non-hydrogen) atoms. The number of thioether (sulfide) groups is 1. The van der Waals surface area contributed by atoms with Gasteiger partial charge < -0.3 is 10.1 Å². The molecule has 0 heterocycles. The fourth-order valence-electron chi connectivity index (χ4n) is 3.06. The highest BCUT2D eigenvalue weighted by atomic mass is 32.2. The van der Waals surface area contributed by atoms with Crippen molar-refractivity contribution in [1.29, 1.82) is 0 Å². The van der Waals surface area contributed by atoms with Crippen LogP contribution in [0.5, 0.6) is 0 Å². The van der Waals surface area contributed by atoms with E-state index in [0.29, 0.717) is 17.4 Å². The van der Waals surface area contributed by atoms with Crippen LogP contribution in [0.3, 0.4) is 0 Å². The van der Waals surface area contributed by atoms with Crippen molar-refractivity contribution in [2.45, 2.75) is 44.0 Å². The van der Waals surface area contributed by atoms with E-state index in [9.17, 15) is 9.59 Å². The summed E-state index contributed by atoms with van der Waals surface area (Å²) in [4.78, 5) is 25.0. The minimum absolute atomic E-state index is 0.184. The smallest absolute Gasteiger partial charge is 0.339 e. The Kier molecular flexibility index (Phi) is 6.51. The summed E-state index contributed by atoms with van der Waals surface area (Å²) < 4.78 is 5.17. The van der Waals surface area contributed by atoms with Gasteiger partial charge in [0, 0.05) is 10.9 Å². The number of carbonyl (C=O) groups excluding carboxylic acids is 2. The fourth-order valence-corrected chi connectivity index (χ4v) is 3.64. The molecule has 1 aromatic carbocycles. The van der Waals surface area contributed by atoms with Crippen LogP contribution in [0.4, 0.5) is 0 Å². The second-order valence-corrected chi connectivity index (χ2v) is 7.07. The molecule has 0 radical (unpaired) electrons. The summed E-state index contributed by atoms with van der Waals surface area (Å²) in [5, 5.41) is 3.01. The molecule has 2 rings (SSSR count). The summed E-state index contributed by atoms with van der Waals surface area (Å²) in [6.07, 6.45) is 5.26. The summed E-state index contributed by atoms with van der Waals surface area (Å²) in [6, 6.07) is 7.44. The quantitative estimate of drug-likeness (QED) is 0.661. The SMILES string of the molecule is CSc1ccccc1C(=O)OCC(=O)N[C@H]1CCC[C@H](C)[C@H]1C. The summed E-state index contributed by atoms with van der Waals surface area (Å²) in [6.45, 7) is 4.18. The first kappa shape index (κ1) is 17.9. The summed E-state index contributed by atoms with van der Waals surface area (Å²) in [5.41, 5.74) is 0.507. The molecule has 4 nitrogen and oxygen atoms in total. The summed E-state index contributed by atoms with van der Waals surface area (Å²) in [7, 11) is 0. The van der Waals surface area contributed by atoms with Gasteiger partial charge in [-0.25, -0.2) is 4.79 Å². The molecule has 0 saturated heterocycles. The Labute approximate surface area is 142 Å². The number of hydrogen-bond acceptors (Lipinski definition) is 4. The molecule has 0 aromatic heterocycles. The first-order valence-corrected chi connectivity index (χ1v) is 9.35. The van der Waals surface area contributed by atoms with Gasteiger partial charge in [-0.2, -0.15) is 0 Å². The second-order valence-electron chi connectivity index (χ2n) is 6.22. The van der Waals surface area contributed by atoms with Crippen LogP contribution < -0.4 is 5.32 Å². The Balaban J connectivity index is 1.85. The van der Waals surface area contributed by atoms with E-state index in [1.54, 1.807) is 12.1 Å². The van der Waals surface area contributed by atoms with Crippen molar-refractivity contribution in [3.8, 4) is 0 Å². The maximum atomic E-state index is 12.1. The third-order valence-electron chi connectivity index (χ3n) is 4.71. The van der Waals surface area contributed by atoms with Crippen molar-refractivity contribution in [1.82, 2.24) is 5.32 Å². The maximum Gasteiger partial charge on any atom is 0.339 e. The van der Waals surface area contributed by atoms with E-state index in [1.165, 1.54) is 18.2 Å². The molecule has 1 aliphatic rings. The van der Waals surface area contributed by atoms with E-state index in [1.807, 2.05) is 18.4 Å². The topological polar surface area (TPSA) is 55.4 Å². The van der Waals surface area contributed by atoms with Crippen molar-refractivity contribution in [3.63, 3.8) is 0 Å². The average molecular weight is 335 g/mol. The van der Waals surface area contributed by atoms with E-state index < -0.39 is 5.97 Å². The van der Waals surface area contributed by atoms with Crippen LogP contribution in [0, 0.1) is 11.8 Å². The number of nitrogens with one attached hydrogen (secondary N) is 1. The second kappa shape index (κ2) is 8.39. The van der Waals surface area contributed by atoms with Crippen LogP contribution in [-0.2, 0) is 9.53 Å². The first-order chi connectivity index (χ1) is 11.0. The number of rotatable bonds is 5. The van der Waals surface area contributed by atoms with Crippen LogP contribution in [-0.4, -0.2) is 30.8 Å². The van der Waals surface area contributed by atoms with Gasteiger partial charge in [0.1, 0.15) is 0 Å². The number of esters is 1. The van der Waals surface area contributed by atoms with Gasteiger partial charge in [0.05, 0.1) is 5.56 Å². The summed E-state index contributed by atoms with van der Waals surface area (Å²) in [5.74, 6) is 0.409. The van der Waals surface area contributed by atoms with E-state index in [-0.39, 0.29) is 18.6 Å². The minimum atomic E-state index is -0.449. The molecular formula is C18H25NO3S. The molecule has 0 unspecified atom stereocenters. The molecule has 1 amide bonds. The Morgan fingerprint density at radius 1 is 1.26 bits per heavy atom. The van der Waals surface area contributed by atoms with Gasteiger partial charge in [0.2, 0.25) is 0 Å². The van der Waals surface area contributed by atoms with E-state index in [2.05, 4.69) is 19.2 Å². The number of amides is 1. The van der Waals surface area contributed by atoms with Crippen LogP contribution >= 0.6 is 11.8 Å². The zero-order valence-corrected chi connectivity index (χ0v) is 14.8. The van der Waals surface area contributed by atoms with Gasteiger partial charge >= 0.3 is 5.97 Å². The standard InChI is InChI=1S/C18H25NO3S/c1-12-7-6-9-15(13(12)2)19-17(20)11-22-18(21)14-8-4-5-10-16(14)23-3/h4-5,8,10,12-13,15H,6-7,9,11H2,1-3H3,(H,19,20)/t12-,13+,15-/m0/s1. The molecule has 1 aromatic rings. The lowest BCUT2D eigenvalue weighted by atomic mass is 9.78. The molecule has 1 N–H and O–H groups in total. The van der Waals surface area contributed by atoms with Crippen molar-refractivity contribution >= 4 is 23.6 Å². The van der Waals surface area contributed by atoms with Gasteiger partial charge in [0.15, 0.2) is 6.61 Å². The molecule has 126 valence electrons. The zero-order valence-electron chi connectivity index (χ0n) is 14.0. The lowest BCUT2D eigenvalue weighted by Crippen LogP contribution is -2.45. The average Bonchev–Trinajstić information content (AvgIpc) is 2.56. The Bertz CT molecular complexity index is 561. The predicted octanol–water partition coefficient (Wildman–Crippen LogP) is 3.51.